The zero-order chi connectivity index (χ0) is 20.5. The Hall–Kier alpha value is -3.13. The SMILES string of the molecule is COc1ccc(C(=O)Nc2c3c(nn2-c2ccc(C)cc2)CS(=O)C3)cc1OC. The van der Waals surface area contributed by atoms with E-state index in [1.54, 1.807) is 30.0 Å². The van der Waals surface area contributed by atoms with Crippen molar-refractivity contribution in [1.29, 1.82) is 0 Å². The lowest BCUT2D eigenvalue weighted by Crippen LogP contribution is -2.16. The standard InChI is InChI=1S/C21H21N3O4S/c1-13-4-7-15(8-5-13)24-20(16-11-29(26)12-17(16)23-24)22-21(25)14-6-9-18(27-2)19(10-14)28-3/h4-10H,11-12H2,1-3H3,(H,22,25). The van der Waals surface area contributed by atoms with Gasteiger partial charge in [0.05, 0.1) is 37.1 Å². The summed E-state index contributed by atoms with van der Waals surface area (Å²) in [7, 11) is 2.07. The monoisotopic (exact) mass is 411 g/mol. The van der Waals surface area contributed by atoms with Crippen LogP contribution in [0.2, 0.25) is 0 Å². The van der Waals surface area contributed by atoms with Crippen LogP contribution in [0.4, 0.5) is 5.82 Å². The highest BCUT2D eigenvalue weighted by Crippen LogP contribution is 2.32. The van der Waals surface area contributed by atoms with Crippen LogP contribution in [-0.4, -0.2) is 34.1 Å². The Morgan fingerprint density at radius 2 is 1.79 bits per heavy atom. The van der Waals surface area contributed by atoms with E-state index in [4.69, 9.17) is 9.47 Å². The third-order valence-corrected chi connectivity index (χ3v) is 6.03. The molecular formula is C21H21N3O4S. The molecule has 0 aliphatic carbocycles. The van der Waals surface area contributed by atoms with Gasteiger partial charge in [0.1, 0.15) is 5.82 Å². The van der Waals surface area contributed by atoms with Crippen LogP contribution in [0, 0.1) is 6.92 Å². The number of carbonyl (C=O) groups is 1. The molecule has 0 saturated carbocycles. The van der Waals surface area contributed by atoms with Crippen LogP contribution in [0.25, 0.3) is 5.69 Å². The second-order valence-corrected chi connectivity index (χ2v) is 8.23. The van der Waals surface area contributed by atoms with Crippen molar-refractivity contribution < 1.29 is 18.5 Å². The summed E-state index contributed by atoms with van der Waals surface area (Å²) >= 11 is 0. The van der Waals surface area contributed by atoms with Gasteiger partial charge in [-0.1, -0.05) is 17.7 Å². The lowest BCUT2D eigenvalue weighted by Gasteiger charge is -2.13. The number of ether oxygens (including phenoxy) is 2. The highest BCUT2D eigenvalue weighted by molar-refractivity contribution is 7.83. The van der Waals surface area contributed by atoms with Gasteiger partial charge in [-0.3, -0.25) is 9.00 Å². The van der Waals surface area contributed by atoms with Crippen molar-refractivity contribution in [3.05, 3.63) is 64.8 Å². The third kappa shape index (κ3) is 3.63. The first-order valence-corrected chi connectivity index (χ1v) is 10.5. The van der Waals surface area contributed by atoms with Crippen molar-refractivity contribution in [2.75, 3.05) is 19.5 Å². The van der Waals surface area contributed by atoms with E-state index in [2.05, 4.69) is 10.4 Å². The van der Waals surface area contributed by atoms with E-state index in [0.717, 1.165) is 22.5 Å². The minimum Gasteiger partial charge on any atom is -0.493 e. The number of anilines is 1. The van der Waals surface area contributed by atoms with Crippen LogP contribution in [0.5, 0.6) is 11.5 Å². The number of aromatic nitrogens is 2. The molecule has 1 aliphatic rings. The number of rotatable bonds is 5. The zero-order valence-electron chi connectivity index (χ0n) is 16.4. The Bertz CT molecular complexity index is 1110. The largest absolute Gasteiger partial charge is 0.493 e. The maximum absolute atomic E-state index is 13.0. The molecule has 4 rings (SSSR count). The molecule has 1 amide bonds. The summed E-state index contributed by atoms with van der Waals surface area (Å²) in [6.45, 7) is 2.01. The molecule has 8 heteroatoms. The molecule has 0 saturated heterocycles. The number of hydrogen-bond donors (Lipinski definition) is 1. The van der Waals surface area contributed by atoms with Gasteiger partial charge >= 0.3 is 0 Å². The molecule has 0 radical (unpaired) electrons. The second-order valence-electron chi connectivity index (χ2n) is 6.77. The lowest BCUT2D eigenvalue weighted by molar-refractivity contribution is 0.102. The smallest absolute Gasteiger partial charge is 0.256 e. The van der Waals surface area contributed by atoms with E-state index in [0.29, 0.717) is 34.4 Å². The van der Waals surface area contributed by atoms with Crippen LogP contribution >= 0.6 is 0 Å². The maximum Gasteiger partial charge on any atom is 0.256 e. The molecule has 1 aliphatic heterocycles. The summed E-state index contributed by atoms with van der Waals surface area (Å²) in [5, 5.41) is 7.57. The molecular weight excluding hydrogens is 390 g/mol. The predicted molar refractivity (Wildman–Crippen MR) is 111 cm³/mol. The first-order chi connectivity index (χ1) is 14.0. The molecule has 1 aromatic heterocycles. The van der Waals surface area contributed by atoms with Gasteiger partial charge < -0.3 is 14.8 Å². The van der Waals surface area contributed by atoms with Crippen molar-refractivity contribution in [3.63, 3.8) is 0 Å². The van der Waals surface area contributed by atoms with Gasteiger partial charge in [0, 0.05) is 21.9 Å². The third-order valence-electron chi connectivity index (χ3n) is 4.83. The molecule has 1 atom stereocenters. The summed E-state index contributed by atoms with van der Waals surface area (Å²) < 4.78 is 24.3. The molecule has 1 unspecified atom stereocenters. The Balaban J connectivity index is 1.72. The Morgan fingerprint density at radius 1 is 1.07 bits per heavy atom. The topological polar surface area (TPSA) is 82.5 Å². The second kappa shape index (κ2) is 7.71. The van der Waals surface area contributed by atoms with Crippen LogP contribution in [0.1, 0.15) is 27.2 Å². The van der Waals surface area contributed by atoms with Crippen molar-refractivity contribution in [2.45, 2.75) is 18.4 Å². The number of carbonyl (C=O) groups excluding carboxylic acids is 1. The number of nitrogens with zero attached hydrogens (tertiary/aromatic N) is 2. The highest BCUT2D eigenvalue weighted by Gasteiger charge is 2.28. The van der Waals surface area contributed by atoms with Gasteiger partial charge in [-0.05, 0) is 37.3 Å². The Kier molecular flexibility index (Phi) is 5.10. The van der Waals surface area contributed by atoms with E-state index in [9.17, 15) is 9.00 Å². The van der Waals surface area contributed by atoms with Crippen molar-refractivity contribution in [1.82, 2.24) is 9.78 Å². The first kappa shape index (κ1) is 19.2. The maximum atomic E-state index is 13.0. The Morgan fingerprint density at radius 3 is 2.48 bits per heavy atom. The van der Waals surface area contributed by atoms with Gasteiger partial charge in [-0.15, -0.1) is 0 Å². The zero-order valence-corrected chi connectivity index (χ0v) is 17.2. The summed E-state index contributed by atoms with van der Waals surface area (Å²) in [6.07, 6.45) is 0. The summed E-state index contributed by atoms with van der Waals surface area (Å²) in [6, 6.07) is 12.8. The number of fused-ring (bicyclic) bond motifs is 1. The van der Waals surface area contributed by atoms with Crippen LogP contribution in [0.15, 0.2) is 42.5 Å². The fourth-order valence-electron chi connectivity index (χ4n) is 3.29. The quantitative estimate of drug-likeness (QED) is 0.697. The average molecular weight is 411 g/mol. The van der Waals surface area contributed by atoms with Crippen molar-refractivity contribution in [3.8, 4) is 17.2 Å². The van der Waals surface area contributed by atoms with E-state index in [1.165, 1.54) is 7.11 Å². The molecule has 7 nitrogen and oxygen atoms in total. The molecule has 2 aromatic carbocycles. The molecule has 0 spiro atoms. The summed E-state index contributed by atoms with van der Waals surface area (Å²) in [5.74, 6) is 2.04. The van der Waals surface area contributed by atoms with Gasteiger partial charge in [0.2, 0.25) is 0 Å². The van der Waals surface area contributed by atoms with Gasteiger partial charge in [-0.25, -0.2) is 4.68 Å². The molecule has 150 valence electrons. The highest BCUT2D eigenvalue weighted by atomic mass is 32.2. The normalized spacial score (nSPS) is 15.1. The number of benzene rings is 2. The minimum absolute atomic E-state index is 0.306. The minimum atomic E-state index is -0.999. The fourth-order valence-corrected chi connectivity index (χ4v) is 4.55. The molecule has 0 bridgehead atoms. The van der Waals surface area contributed by atoms with Crippen LogP contribution in [0.3, 0.4) is 0 Å². The first-order valence-electron chi connectivity index (χ1n) is 9.06. The lowest BCUT2D eigenvalue weighted by atomic mass is 10.1. The number of nitrogens with one attached hydrogen (secondary N) is 1. The predicted octanol–water partition coefficient (Wildman–Crippen LogP) is 3.21. The Labute approximate surface area is 171 Å². The molecule has 29 heavy (non-hydrogen) atoms. The number of hydrogen-bond acceptors (Lipinski definition) is 5. The summed E-state index contributed by atoms with van der Waals surface area (Å²) in [4.78, 5) is 13.0. The van der Waals surface area contributed by atoms with E-state index < -0.39 is 10.8 Å². The molecule has 2 heterocycles. The van der Waals surface area contributed by atoms with Gasteiger partial charge in [-0.2, -0.15) is 5.10 Å². The average Bonchev–Trinajstić information content (AvgIpc) is 3.24. The van der Waals surface area contributed by atoms with E-state index in [1.807, 2.05) is 31.2 Å². The number of amides is 1. The van der Waals surface area contributed by atoms with Crippen LogP contribution < -0.4 is 14.8 Å². The van der Waals surface area contributed by atoms with Gasteiger partial charge in [0.25, 0.3) is 5.91 Å². The number of aryl methyl sites for hydroxylation is 1. The van der Waals surface area contributed by atoms with Crippen molar-refractivity contribution in [2.24, 2.45) is 0 Å². The van der Waals surface area contributed by atoms with Gasteiger partial charge in [0.15, 0.2) is 11.5 Å². The van der Waals surface area contributed by atoms with Crippen molar-refractivity contribution >= 4 is 22.5 Å². The number of methoxy groups -OCH3 is 2. The van der Waals surface area contributed by atoms with Crippen LogP contribution in [-0.2, 0) is 22.3 Å². The van der Waals surface area contributed by atoms with E-state index >= 15 is 0 Å². The molecule has 1 N–H and O–H groups in total. The van der Waals surface area contributed by atoms with E-state index in [-0.39, 0.29) is 5.91 Å². The fraction of sp³-hybridized carbons (Fsp3) is 0.238. The summed E-state index contributed by atoms with van der Waals surface area (Å²) in [5.41, 5.74) is 3.96. The molecule has 0 fully saturated rings. The molecule has 3 aromatic rings.